The molecule has 2 aromatic heterocycles. The van der Waals surface area contributed by atoms with E-state index >= 15 is 0 Å². The van der Waals surface area contributed by atoms with Crippen LogP contribution in [0.25, 0.3) is 20.7 Å². The molecule has 0 saturated heterocycles. The Labute approximate surface area is 175 Å². The molecule has 28 heavy (non-hydrogen) atoms. The van der Waals surface area contributed by atoms with Gasteiger partial charge in [-0.3, -0.25) is 4.21 Å². The quantitative estimate of drug-likeness (QED) is 0.438. The maximum Gasteiger partial charge on any atom is 0.147 e. The maximum absolute atomic E-state index is 11.9. The van der Waals surface area contributed by atoms with Gasteiger partial charge in [-0.05, 0) is 29.3 Å². The molecule has 1 N–H and O–H groups in total. The molecular weight excluding hydrogens is 410 g/mol. The first kappa shape index (κ1) is 19.1. The van der Waals surface area contributed by atoms with Crippen molar-refractivity contribution in [2.75, 3.05) is 17.3 Å². The van der Waals surface area contributed by atoms with E-state index in [2.05, 4.69) is 21.4 Å². The third-order valence-electron chi connectivity index (χ3n) is 4.35. The second kappa shape index (κ2) is 8.39. The molecule has 2 unspecified atom stereocenters. The minimum Gasteiger partial charge on any atom is -0.361 e. The lowest BCUT2D eigenvalue weighted by Gasteiger charge is -2.19. The Morgan fingerprint density at radius 3 is 2.57 bits per heavy atom. The van der Waals surface area contributed by atoms with Crippen LogP contribution in [0.3, 0.4) is 0 Å². The summed E-state index contributed by atoms with van der Waals surface area (Å²) in [5.41, 5.74) is 3.06. The van der Waals surface area contributed by atoms with Crippen LogP contribution in [0.1, 0.15) is 11.6 Å². The maximum atomic E-state index is 11.9. The van der Waals surface area contributed by atoms with Crippen LogP contribution < -0.4 is 5.32 Å². The van der Waals surface area contributed by atoms with Gasteiger partial charge in [-0.2, -0.15) is 0 Å². The Morgan fingerprint density at radius 1 is 1.11 bits per heavy atom. The number of aromatic nitrogens is 2. The van der Waals surface area contributed by atoms with Crippen LogP contribution in [-0.4, -0.2) is 26.2 Å². The van der Waals surface area contributed by atoms with Crippen LogP contribution >= 0.6 is 22.9 Å². The topological polar surface area (TPSA) is 54.9 Å². The summed E-state index contributed by atoms with van der Waals surface area (Å²) in [6.07, 6.45) is 3.28. The van der Waals surface area contributed by atoms with Crippen molar-refractivity contribution in [3.8, 4) is 10.4 Å². The average Bonchev–Trinajstić information content (AvgIpc) is 3.14. The van der Waals surface area contributed by atoms with E-state index in [1.807, 2.05) is 54.6 Å². The summed E-state index contributed by atoms with van der Waals surface area (Å²) >= 11 is 7.64. The van der Waals surface area contributed by atoms with Crippen LogP contribution in [-0.2, 0) is 10.8 Å². The summed E-state index contributed by atoms with van der Waals surface area (Å²) in [7, 11) is -0.945. The molecule has 7 heteroatoms. The Morgan fingerprint density at radius 2 is 1.86 bits per heavy atom. The van der Waals surface area contributed by atoms with Gasteiger partial charge in [0.05, 0.1) is 16.3 Å². The Kier molecular flexibility index (Phi) is 5.71. The van der Waals surface area contributed by atoms with Crippen molar-refractivity contribution in [3.05, 3.63) is 77.6 Å². The molecule has 0 aliphatic rings. The second-order valence-corrected chi connectivity index (χ2v) is 9.37. The summed E-state index contributed by atoms with van der Waals surface area (Å²) in [4.78, 5) is 9.99. The van der Waals surface area contributed by atoms with Gasteiger partial charge < -0.3 is 5.32 Å². The predicted molar refractivity (Wildman–Crippen MR) is 120 cm³/mol. The molecule has 4 aromatic rings. The Bertz CT molecular complexity index is 1110. The highest BCUT2D eigenvalue weighted by molar-refractivity contribution is 7.84. The molecule has 2 atom stereocenters. The van der Waals surface area contributed by atoms with Crippen molar-refractivity contribution in [3.63, 3.8) is 0 Å². The van der Waals surface area contributed by atoms with Crippen molar-refractivity contribution in [1.82, 2.24) is 9.97 Å². The minimum atomic E-state index is -0.945. The molecule has 2 heterocycles. The van der Waals surface area contributed by atoms with Crippen LogP contribution in [0, 0.1) is 0 Å². The fourth-order valence-corrected chi connectivity index (χ4v) is 4.96. The van der Waals surface area contributed by atoms with Crippen molar-refractivity contribution >= 4 is 49.8 Å². The normalized spacial score (nSPS) is 13.4. The third kappa shape index (κ3) is 4.24. The van der Waals surface area contributed by atoms with E-state index in [4.69, 9.17) is 11.6 Å². The van der Waals surface area contributed by atoms with Crippen LogP contribution in [0.15, 0.2) is 67.0 Å². The third-order valence-corrected chi connectivity index (χ3v) is 6.59. The van der Waals surface area contributed by atoms with E-state index in [9.17, 15) is 4.21 Å². The van der Waals surface area contributed by atoms with E-state index in [0.717, 1.165) is 32.0 Å². The van der Waals surface area contributed by atoms with Gasteiger partial charge in [0.25, 0.3) is 0 Å². The summed E-state index contributed by atoms with van der Waals surface area (Å²) in [5, 5.41) is 4.20. The molecule has 0 aliphatic heterocycles. The fourth-order valence-electron chi connectivity index (χ4n) is 3.02. The monoisotopic (exact) mass is 427 g/mol. The number of hydrogen-bond acceptors (Lipinski definition) is 5. The molecule has 0 spiro atoms. The van der Waals surface area contributed by atoms with Gasteiger partial charge >= 0.3 is 0 Å². The van der Waals surface area contributed by atoms with Gasteiger partial charge in [-0.25, -0.2) is 9.97 Å². The number of hydrogen-bond donors (Lipinski definition) is 1. The molecule has 4 nitrogen and oxygen atoms in total. The summed E-state index contributed by atoms with van der Waals surface area (Å²) in [6, 6.07) is 19.8. The average molecular weight is 428 g/mol. The van der Waals surface area contributed by atoms with Crippen molar-refractivity contribution in [1.29, 1.82) is 0 Å². The number of fused-ring (bicyclic) bond motifs is 1. The molecule has 2 aromatic carbocycles. The number of nitrogens with zero attached hydrogens (tertiary/aromatic N) is 2. The number of benzene rings is 2. The lowest BCUT2D eigenvalue weighted by atomic mass is 10.1. The first-order valence-electron chi connectivity index (χ1n) is 8.72. The largest absolute Gasteiger partial charge is 0.361 e. The predicted octanol–water partition coefficient (Wildman–Crippen LogP) is 5.54. The van der Waals surface area contributed by atoms with Crippen LogP contribution in [0.2, 0.25) is 5.02 Å². The lowest BCUT2D eigenvalue weighted by molar-refractivity contribution is 0.682. The number of halogens is 1. The highest BCUT2D eigenvalue weighted by Crippen LogP contribution is 2.37. The molecule has 142 valence electrons. The highest BCUT2D eigenvalue weighted by atomic mass is 35.5. The minimum absolute atomic E-state index is 0.0915. The van der Waals surface area contributed by atoms with E-state index in [-0.39, 0.29) is 6.04 Å². The Hall–Kier alpha value is -2.28. The van der Waals surface area contributed by atoms with Gasteiger partial charge in [0.1, 0.15) is 12.1 Å². The summed E-state index contributed by atoms with van der Waals surface area (Å²) < 4.78 is 12.9. The van der Waals surface area contributed by atoms with E-state index in [1.165, 1.54) is 0 Å². The number of rotatable bonds is 6. The van der Waals surface area contributed by atoms with E-state index in [0.29, 0.717) is 10.8 Å². The van der Waals surface area contributed by atoms with Crippen molar-refractivity contribution in [2.45, 2.75) is 6.04 Å². The standard InChI is InChI=1S/C21H18ClN3OS2/c1-28(26)12-18(14-5-3-2-4-6-14)25-21-20-17(23-13-24-21)11-19(27-20)15-7-9-16(22)10-8-15/h2-11,13,18H,12H2,1H3,(H,23,24,25). The Balaban J connectivity index is 1.71. The molecule has 0 radical (unpaired) electrons. The van der Waals surface area contributed by atoms with Crippen LogP contribution in [0.5, 0.6) is 0 Å². The van der Waals surface area contributed by atoms with E-state index < -0.39 is 10.8 Å². The SMILES string of the molecule is CS(=O)CC(Nc1ncnc2cc(-c3ccc(Cl)cc3)sc12)c1ccccc1. The van der Waals surface area contributed by atoms with Gasteiger partial charge in [0.15, 0.2) is 0 Å². The van der Waals surface area contributed by atoms with Gasteiger partial charge in [-0.1, -0.05) is 54.1 Å². The number of thiophene rings is 1. The van der Waals surface area contributed by atoms with Gasteiger partial charge in [0, 0.05) is 32.7 Å². The molecule has 4 rings (SSSR count). The zero-order valence-corrected chi connectivity index (χ0v) is 17.5. The molecule has 0 amide bonds. The molecule has 0 aliphatic carbocycles. The van der Waals surface area contributed by atoms with Crippen molar-refractivity contribution in [2.24, 2.45) is 0 Å². The summed E-state index contributed by atoms with van der Waals surface area (Å²) in [6.45, 7) is 0. The zero-order valence-electron chi connectivity index (χ0n) is 15.1. The highest BCUT2D eigenvalue weighted by Gasteiger charge is 2.17. The number of anilines is 1. The smallest absolute Gasteiger partial charge is 0.147 e. The zero-order chi connectivity index (χ0) is 19.5. The van der Waals surface area contributed by atoms with Gasteiger partial charge in [-0.15, -0.1) is 11.3 Å². The number of nitrogens with one attached hydrogen (secondary N) is 1. The van der Waals surface area contributed by atoms with Gasteiger partial charge in [0.2, 0.25) is 0 Å². The molecule has 0 bridgehead atoms. The molecule has 0 fully saturated rings. The first-order valence-corrected chi connectivity index (χ1v) is 11.6. The second-order valence-electron chi connectivity index (χ2n) is 6.40. The van der Waals surface area contributed by atoms with E-state index in [1.54, 1.807) is 23.9 Å². The summed E-state index contributed by atoms with van der Waals surface area (Å²) in [5.74, 6) is 1.26. The molecular formula is C21H18ClN3OS2. The fraction of sp³-hybridized carbons (Fsp3) is 0.143. The van der Waals surface area contributed by atoms with Crippen molar-refractivity contribution < 1.29 is 4.21 Å². The lowest BCUT2D eigenvalue weighted by Crippen LogP contribution is -2.18. The molecule has 0 saturated carbocycles. The van der Waals surface area contributed by atoms with Crippen LogP contribution in [0.4, 0.5) is 5.82 Å². The first-order chi connectivity index (χ1) is 13.6.